The number of hydrogen-bond donors (Lipinski definition) is 2. The molecule has 0 unspecified atom stereocenters. The van der Waals surface area contributed by atoms with E-state index in [4.69, 9.17) is 10.5 Å². The van der Waals surface area contributed by atoms with E-state index in [1.165, 1.54) is 0 Å². The van der Waals surface area contributed by atoms with Crippen molar-refractivity contribution >= 4 is 23.2 Å². The minimum Gasteiger partial charge on any atom is -0.381 e. The third kappa shape index (κ3) is 3.16. The predicted octanol–water partition coefficient (Wildman–Crippen LogP) is 1.68. The fourth-order valence-electron chi connectivity index (χ4n) is 3.55. The van der Waals surface area contributed by atoms with Gasteiger partial charge in [0, 0.05) is 44.6 Å². The Morgan fingerprint density at radius 2 is 2.08 bits per heavy atom. The van der Waals surface area contributed by atoms with Crippen LogP contribution >= 0.6 is 0 Å². The molecule has 1 aromatic carbocycles. The number of carbonyl (C=O) groups is 2. The summed E-state index contributed by atoms with van der Waals surface area (Å²) < 4.78 is 5.36. The summed E-state index contributed by atoms with van der Waals surface area (Å²) in [6.07, 6.45) is 3.16. The van der Waals surface area contributed by atoms with Crippen LogP contribution in [0.1, 0.15) is 31.7 Å². The summed E-state index contributed by atoms with van der Waals surface area (Å²) in [6, 6.07) is 5.76. The average Bonchev–Trinajstić information content (AvgIpc) is 2.61. The molecule has 1 aromatic rings. The van der Waals surface area contributed by atoms with E-state index in [-0.39, 0.29) is 11.8 Å². The second-order valence-electron chi connectivity index (χ2n) is 6.67. The van der Waals surface area contributed by atoms with E-state index < -0.39 is 5.41 Å². The highest BCUT2D eigenvalue weighted by Crippen LogP contribution is 2.33. The molecule has 3 rings (SSSR count). The molecule has 1 saturated heterocycles. The Hall–Kier alpha value is -1.92. The molecule has 3 N–H and O–H groups in total. The Balaban J connectivity index is 1.78. The van der Waals surface area contributed by atoms with Gasteiger partial charge >= 0.3 is 0 Å². The highest BCUT2D eigenvalue weighted by Gasteiger charge is 2.38. The Morgan fingerprint density at radius 3 is 2.75 bits per heavy atom. The molecule has 2 aliphatic rings. The molecule has 2 amide bonds. The van der Waals surface area contributed by atoms with E-state index in [9.17, 15) is 9.59 Å². The third-order valence-corrected chi connectivity index (χ3v) is 5.16. The number of carbonyl (C=O) groups excluding carboxylic acids is 2. The Bertz CT molecular complexity index is 638. The van der Waals surface area contributed by atoms with Crippen LogP contribution in [0.3, 0.4) is 0 Å². The molecule has 6 heteroatoms. The van der Waals surface area contributed by atoms with E-state index in [0.717, 1.165) is 36.3 Å². The lowest BCUT2D eigenvalue weighted by Crippen LogP contribution is -2.46. The van der Waals surface area contributed by atoms with Crippen molar-refractivity contribution in [3.63, 3.8) is 0 Å². The number of amides is 2. The number of hydrogen-bond acceptors (Lipinski definition) is 4. The molecule has 24 heavy (non-hydrogen) atoms. The average molecular weight is 331 g/mol. The van der Waals surface area contributed by atoms with Gasteiger partial charge in [0.25, 0.3) is 0 Å². The van der Waals surface area contributed by atoms with E-state index in [0.29, 0.717) is 32.6 Å². The van der Waals surface area contributed by atoms with Crippen molar-refractivity contribution < 1.29 is 14.3 Å². The van der Waals surface area contributed by atoms with Gasteiger partial charge in [-0.05, 0) is 49.4 Å². The Kier molecular flexibility index (Phi) is 4.87. The number of benzene rings is 1. The lowest BCUT2D eigenvalue weighted by atomic mass is 9.79. The van der Waals surface area contributed by atoms with Crippen molar-refractivity contribution in [1.29, 1.82) is 0 Å². The summed E-state index contributed by atoms with van der Waals surface area (Å²) in [5, 5.41) is 3.02. The van der Waals surface area contributed by atoms with Crippen molar-refractivity contribution in [3.05, 3.63) is 23.8 Å². The van der Waals surface area contributed by atoms with Crippen molar-refractivity contribution in [2.24, 2.45) is 11.1 Å². The number of ether oxygens (including phenoxy) is 1. The molecule has 0 aliphatic carbocycles. The quantitative estimate of drug-likeness (QED) is 0.882. The number of nitrogens with two attached hydrogens (primary N) is 1. The van der Waals surface area contributed by atoms with E-state index >= 15 is 0 Å². The summed E-state index contributed by atoms with van der Waals surface area (Å²) in [6.45, 7) is 3.81. The molecule has 0 spiro atoms. The summed E-state index contributed by atoms with van der Waals surface area (Å²) in [5.41, 5.74) is 8.17. The van der Waals surface area contributed by atoms with Crippen molar-refractivity contribution in [1.82, 2.24) is 0 Å². The van der Waals surface area contributed by atoms with E-state index in [1.807, 2.05) is 18.2 Å². The maximum absolute atomic E-state index is 12.7. The van der Waals surface area contributed by atoms with Crippen molar-refractivity contribution in [2.45, 2.75) is 32.6 Å². The molecule has 2 heterocycles. The van der Waals surface area contributed by atoms with Crippen LogP contribution in [0.25, 0.3) is 0 Å². The highest BCUT2D eigenvalue weighted by molar-refractivity contribution is 5.97. The highest BCUT2D eigenvalue weighted by atomic mass is 16.5. The van der Waals surface area contributed by atoms with Crippen molar-refractivity contribution in [3.8, 4) is 0 Å². The van der Waals surface area contributed by atoms with Gasteiger partial charge in [-0.1, -0.05) is 0 Å². The zero-order valence-corrected chi connectivity index (χ0v) is 14.1. The van der Waals surface area contributed by atoms with Gasteiger partial charge in [0.05, 0.1) is 5.41 Å². The van der Waals surface area contributed by atoms with Gasteiger partial charge in [-0.2, -0.15) is 0 Å². The summed E-state index contributed by atoms with van der Waals surface area (Å²) >= 11 is 0. The fourth-order valence-corrected chi connectivity index (χ4v) is 3.55. The lowest BCUT2D eigenvalue weighted by molar-refractivity contribution is -0.130. The number of fused-ring (bicyclic) bond motifs is 1. The van der Waals surface area contributed by atoms with E-state index in [1.54, 1.807) is 11.8 Å². The zero-order chi connectivity index (χ0) is 17.2. The standard InChI is InChI=1S/C18H25N3O3/c1-13(22)21-8-2-3-14-11-15(4-5-16(14)21)20-17(23)18(12-19)6-9-24-10-7-18/h4-5,11H,2-3,6-10,12,19H2,1H3,(H,20,23). The molecule has 130 valence electrons. The van der Waals surface area contributed by atoms with Gasteiger partial charge in [-0.3, -0.25) is 9.59 Å². The first-order valence-corrected chi connectivity index (χ1v) is 8.56. The molecular weight excluding hydrogens is 306 g/mol. The van der Waals surface area contributed by atoms with Crippen LogP contribution in [0.4, 0.5) is 11.4 Å². The molecule has 1 fully saturated rings. The summed E-state index contributed by atoms with van der Waals surface area (Å²) in [5.74, 6) is 0.0181. The maximum atomic E-state index is 12.7. The Labute approximate surface area is 142 Å². The van der Waals surface area contributed by atoms with E-state index in [2.05, 4.69) is 5.32 Å². The predicted molar refractivity (Wildman–Crippen MR) is 93.0 cm³/mol. The number of rotatable bonds is 3. The number of nitrogens with one attached hydrogen (secondary N) is 1. The van der Waals surface area contributed by atoms with Gasteiger partial charge in [0.2, 0.25) is 11.8 Å². The number of aryl methyl sites for hydroxylation is 1. The topological polar surface area (TPSA) is 84.7 Å². The normalized spacial score (nSPS) is 19.5. The van der Waals surface area contributed by atoms with Crippen LogP contribution < -0.4 is 16.0 Å². The maximum Gasteiger partial charge on any atom is 0.232 e. The molecule has 6 nitrogen and oxygen atoms in total. The molecule has 2 aliphatic heterocycles. The van der Waals surface area contributed by atoms with Crippen LogP contribution in [0.2, 0.25) is 0 Å². The molecule has 0 bridgehead atoms. The molecule has 0 radical (unpaired) electrons. The van der Waals surface area contributed by atoms with Crippen LogP contribution in [0.15, 0.2) is 18.2 Å². The first-order valence-electron chi connectivity index (χ1n) is 8.56. The van der Waals surface area contributed by atoms with Crippen LogP contribution in [0, 0.1) is 5.41 Å². The summed E-state index contributed by atoms with van der Waals surface area (Å²) in [7, 11) is 0. The van der Waals surface area contributed by atoms with Gasteiger partial charge in [-0.15, -0.1) is 0 Å². The molecule has 0 atom stereocenters. The van der Waals surface area contributed by atoms with Crippen LogP contribution in [-0.4, -0.2) is 38.1 Å². The second-order valence-corrected chi connectivity index (χ2v) is 6.67. The minimum atomic E-state index is -0.542. The van der Waals surface area contributed by atoms with Gasteiger partial charge in [-0.25, -0.2) is 0 Å². The lowest BCUT2D eigenvalue weighted by Gasteiger charge is -2.34. The molecule has 0 saturated carbocycles. The third-order valence-electron chi connectivity index (χ3n) is 5.16. The first-order chi connectivity index (χ1) is 11.6. The van der Waals surface area contributed by atoms with Gasteiger partial charge < -0.3 is 20.7 Å². The Morgan fingerprint density at radius 1 is 1.33 bits per heavy atom. The number of nitrogens with zero attached hydrogens (tertiary/aromatic N) is 1. The van der Waals surface area contributed by atoms with Gasteiger partial charge in [0.1, 0.15) is 0 Å². The monoisotopic (exact) mass is 331 g/mol. The van der Waals surface area contributed by atoms with Crippen LogP contribution in [-0.2, 0) is 20.7 Å². The summed E-state index contributed by atoms with van der Waals surface area (Å²) in [4.78, 5) is 26.3. The molecule has 0 aromatic heterocycles. The van der Waals surface area contributed by atoms with Gasteiger partial charge in [0.15, 0.2) is 0 Å². The SMILES string of the molecule is CC(=O)N1CCCc2cc(NC(=O)C3(CN)CCOCC3)ccc21. The largest absolute Gasteiger partial charge is 0.381 e. The second kappa shape index (κ2) is 6.91. The van der Waals surface area contributed by atoms with Crippen molar-refractivity contribution in [2.75, 3.05) is 36.5 Å². The zero-order valence-electron chi connectivity index (χ0n) is 14.1. The smallest absolute Gasteiger partial charge is 0.232 e. The first kappa shape index (κ1) is 16.9. The minimum absolute atomic E-state index is 0.0347. The number of anilines is 2. The fraction of sp³-hybridized carbons (Fsp3) is 0.556. The van der Waals surface area contributed by atoms with Crippen LogP contribution in [0.5, 0.6) is 0 Å². The molecular formula is C18H25N3O3.